The summed E-state index contributed by atoms with van der Waals surface area (Å²) in [5.41, 5.74) is 1.87. The summed E-state index contributed by atoms with van der Waals surface area (Å²) in [6.07, 6.45) is 0.612. The molecule has 1 N–H and O–H groups in total. The lowest BCUT2D eigenvalue weighted by atomic mass is 10.1. The van der Waals surface area contributed by atoms with Gasteiger partial charge in [-0.1, -0.05) is 29.8 Å². The number of nitrogens with zero attached hydrogens (tertiary/aromatic N) is 2. The quantitative estimate of drug-likeness (QED) is 0.259. The van der Waals surface area contributed by atoms with Crippen LogP contribution >= 0.6 is 0 Å². The van der Waals surface area contributed by atoms with E-state index in [1.54, 1.807) is 0 Å². The zero-order valence-corrected chi connectivity index (χ0v) is 20.2. The number of carbonyl (C=O) groups excluding carboxylic acids is 2. The van der Waals surface area contributed by atoms with Crippen LogP contribution < -0.4 is 4.74 Å². The van der Waals surface area contributed by atoms with Crippen molar-refractivity contribution in [1.82, 2.24) is 0 Å². The fourth-order valence-corrected chi connectivity index (χ4v) is 3.09. The second-order valence-corrected chi connectivity index (χ2v) is 7.47. The zero-order valence-electron chi connectivity index (χ0n) is 20.2. The van der Waals surface area contributed by atoms with Gasteiger partial charge in [0.05, 0.1) is 41.8 Å². The molecule has 0 radical (unpaired) electrons. The third-order valence-electron chi connectivity index (χ3n) is 4.90. The van der Waals surface area contributed by atoms with E-state index in [-0.39, 0.29) is 29.2 Å². The van der Waals surface area contributed by atoms with Gasteiger partial charge in [-0.2, -0.15) is 0 Å². The molecule has 0 bridgehead atoms. The Morgan fingerprint density at radius 1 is 0.838 bits per heavy atom. The second kappa shape index (κ2) is 13.2. The number of phenolic OH excluding ortho intramolecular Hbond substituents is 1. The predicted octanol–water partition coefficient (Wildman–Crippen LogP) is 4.40. The molecule has 0 unspecified atom stereocenters. The third-order valence-corrected chi connectivity index (χ3v) is 4.90. The molecule has 0 saturated heterocycles. The van der Waals surface area contributed by atoms with Crippen molar-refractivity contribution in [3.05, 3.63) is 103 Å². The number of hydrogen-bond acceptors (Lipinski definition) is 10. The fraction of sp³-hybridized carbons (Fsp3) is 0.200. The largest absolute Gasteiger partial charge is 0.502 e. The van der Waals surface area contributed by atoms with Crippen LogP contribution in [-0.2, 0) is 15.9 Å². The summed E-state index contributed by atoms with van der Waals surface area (Å²) in [6.45, 7) is 2.27. The van der Waals surface area contributed by atoms with Crippen LogP contribution in [0.1, 0.15) is 31.8 Å². The van der Waals surface area contributed by atoms with E-state index in [0.717, 1.165) is 23.3 Å². The Balaban J connectivity index is 0.000000294. The summed E-state index contributed by atoms with van der Waals surface area (Å²) in [6, 6.07) is 15.1. The molecule has 0 amide bonds. The van der Waals surface area contributed by atoms with Crippen LogP contribution in [0.3, 0.4) is 0 Å². The minimum atomic E-state index is -0.740. The Bertz CT molecular complexity index is 1310. The molecule has 3 aromatic rings. The number of ether oxygens (including phenoxy) is 3. The summed E-state index contributed by atoms with van der Waals surface area (Å²) in [5.74, 6) is -1.72. The highest BCUT2D eigenvalue weighted by atomic mass is 16.6. The fourth-order valence-electron chi connectivity index (χ4n) is 3.09. The minimum Gasteiger partial charge on any atom is -0.502 e. The minimum absolute atomic E-state index is 0.0607. The van der Waals surface area contributed by atoms with Gasteiger partial charge >= 0.3 is 23.3 Å². The van der Waals surface area contributed by atoms with Crippen molar-refractivity contribution in [2.24, 2.45) is 0 Å². The Morgan fingerprint density at radius 3 is 1.92 bits per heavy atom. The van der Waals surface area contributed by atoms with Crippen molar-refractivity contribution in [2.45, 2.75) is 13.3 Å². The lowest BCUT2D eigenvalue weighted by molar-refractivity contribution is -0.386. The topological polar surface area (TPSA) is 168 Å². The number of benzene rings is 3. The van der Waals surface area contributed by atoms with Crippen molar-refractivity contribution >= 4 is 23.3 Å². The Labute approximate surface area is 211 Å². The maximum absolute atomic E-state index is 11.5. The molecule has 0 aliphatic rings. The summed E-state index contributed by atoms with van der Waals surface area (Å²) in [7, 11) is 2.43. The van der Waals surface area contributed by atoms with Crippen LogP contribution in [0.4, 0.5) is 11.4 Å². The molecule has 12 nitrogen and oxygen atoms in total. The van der Waals surface area contributed by atoms with Crippen LogP contribution in [0.5, 0.6) is 11.5 Å². The van der Waals surface area contributed by atoms with Crippen molar-refractivity contribution in [3.8, 4) is 11.5 Å². The van der Waals surface area contributed by atoms with Gasteiger partial charge in [-0.05, 0) is 24.6 Å². The second-order valence-electron chi connectivity index (χ2n) is 7.47. The molecule has 0 aromatic heterocycles. The van der Waals surface area contributed by atoms with Crippen molar-refractivity contribution < 1.29 is 38.8 Å². The molecule has 3 aromatic carbocycles. The predicted molar refractivity (Wildman–Crippen MR) is 131 cm³/mol. The summed E-state index contributed by atoms with van der Waals surface area (Å²) in [4.78, 5) is 42.6. The van der Waals surface area contributed by atoms with Crippen LogP contribution in [0, 0.1) is 27.2 Å². The van der Waals surface area contributed by atoms with Crippen molar-refractivity contribution in [3.63, 3.8) is 0 Å². The number of phenols is 1. The molecule has 0 spiro atoms. The number of nitro groups is 2. The average molecular weight is 512 g/mol. The molecule has 12 heteroatoms. The van der Waals surface area contributed by atoms with Crippen LogP contribution in [-0.4, -0.2) is 47.7 Å². The molecule has 0 saturated carbocycles. The van der Waals surface area contributed by atoms with Gasteiger partial charge < -0.3 is 19.3 Å². The smallest absolute Gasteiger partial charge is 0.337 e. The Morgan fingerprint density at radius 2 is 1.41 bits per heavy atom. The number of carbonyl (C=O) groups is 2. The molecular formula is C25H24N2O10. The first-order valence-corrected chi connectivity index (χ1v) is 10.7. The first kappa shape index (κ1) is 28.2. The zero-order chi connectivity index (χ0) is 27.5. The van der Waals surface area contributed by atoms with E-state index in [0.29, 0.717) is 6.42 Å². The van der Waals surface area contributed by atoms with Crippen LogP contribution in [0.2, 0.25) is 0 Å². The highest BCUT2D eigenvalue weighted by Crippen LogP contribution is 2.29. The number of aryl methyl sites for hydroxylation is 1. The first-order chi connectivity index (χ1) is 17.6. The molecule has 194 valence electrons. The highest BCUT2D eigenvalue weighted by molar-refractivity contribution is 5.90. The molecule has 0 fully saturated rings. The Kier molecular flexibility index (Phi) is 10.1. The van der Waals surface area contributed by atoms with Gasteiger partial charge in [-0.25, -0.2) is 9.59 Å². The standard InChI is InChI=1S/C17H17NO5.C8H7NO5/c1-12-4-3-5-13(10-12)8-9-23-16-11-14(17(19)22-2)6-7-15(16)18(20)21;1-14-8(11)5-2-3-6(9(12)13)7(10)4-5/h3-7,10-11H,8-9H2,1-2H3;2-4,10H,1H3. The van der Waals surface area contributed by atoms with E-state index in [1.165, 1.54) is 38.5 Å². The molecule has 37 heavy (non-hydrogen) atoms. The summed E-state index contributed by atoms with van der Waals surface area (Å²) in [5, 5.41) is 30.5. The maximum atomic E-state index is 11.5. The normalized spacial score (nSPS) is 9.92. The van der Waals surface area contributed by atoms with E-state index in [9.17, 15) is 29.8 Å². The number of hydrogen-bond donors (Lipinski definition) is 1. The molecule has 0 atom stereocenters. The third kappa shape index (κ3) is 8.02. The highest BCUT2D eigenvalue weighted by Gasteiger charge is 2.19. The number of aromatic hydroxyl groups is 1. The molecule has 0 aliphatic carbocycles. The summed E-state index contributed by atoms with van der Waals surface area (Å²) < 4.78 is 14.5. The van der Waals surface area contributed by atoms with Gasteiger partial charge in [0.1, 0.15) is 0 Å². The van der Waals surface area contributed by atoms with Gasteiger partial charge in [0.15, 0.2) is 11.5 Å². The molecule has 3 rings (SSSR count). The number of nitro benzene ring substituents is 2. The number of rotatable bonds is 8. The van der Waals surface area contributed by atoms with E-state index >= 15 is 0 Å². The number of methoxy groups -OCH3 is 2. The molecular weight excluding hydrogens is 488 g/mol. The molecule has 0 heterocycles. The Hall–Kier alpha value is -5.00. The molecule has 0 aliphatic heterocycles. The van der Waals surface area contributed by atoms with Crippen LogP contribution in [0.25, 0.3) is 0 Å². The van der Waals surface area contributed by atoms with Gasteiger partial charge in [-0.15, -0.1) is 0 Å². The van der Waals surface area contributed by atoms with Gasteiger partial charge in [0, 0.05) is 30.7 Å². The maximum Gasteiger partial charge on any atom is 0.337 e. The van der Waals surface area contributed by atoms with Crippen LogP contribution in [0.15, 0.2) is 60.7 Å². The van der Waals surface area contributed by atoms with E-state index < -0.39 is 33.2 Å². The number of esters is 2. The van der Waals surface area contributed by atoms with E-state index in [2.05, 4.69) is 9.47 Å². The average Bonchev–Trinajstić information content (AvgIpc) is 2.87. The summed E-state index contributed by atoms with van der Waals surface area (Å²) >= 11 is 0. The lowest BCUT2D eigenvalue weighted by Gasteiger charge is -2.08. The van der Waals surface area contributed by atoms with Crippen molar-refractivity contribution in [2.75, 3.05) is 20.8 Å². The lowest BCUT2D eigenvalue weighted by Crippen LogP contribution is -2.06. The van der Waals surface area contributed by atoms with Crippen molar-refractivity contribution in [1.29, 1.82) is 0 Å². The van der Waals surface area contributed by atoms with E-state index in [1.807, 2.05) is 31.2 Å². The monoisotopic (exact) mass is 512 g/mol. The first-order valence-electron chi connectivity index (χ1n) is 10.7. The van der Waals surface area contributed by atoms with Gasteiger partial charge in [-0.3, -0.25) is 20.2 Å². The SMILES string of the molecule is COC(=O)c1ccc([N+](=O)[O-])c(O)c1.COC(=O)c1ccc([N+](=O)[O-])c(OCCc2cccc(C)c2)c1. The van der Waals surface area contributed by atoms with E-state index in [4.69, 9.17) is 9.84 Å². The van der Waals surface area contributed by atoms with Gasteiger partial charge in [0.25, 0.3) is 0 Å². The van der Waals surface area contributed by atoms with Gasteiger partial charge in [0.2, 0.25) is 0 Å².